The second kappa shape index (κ2) is 13.0. The number of carbonyl (C=O) groups is 3. The molecule has 206 valence electrons. The van der Waals surface area contributed by atoms with Gasteiger partial charge in [-0.25, -0.2) is 9.78 Å². The molecule has 1 unspecified atom stereocenters. The lowest BCUT2D eigenvalue weighted by Gasteiger charge is -2.24. The molecule has 3 aromatic rings. The van der Waals surface area contributed by atoms with Crippen LogP contribution in [0.15, 0.2) is 48.5 Å². The summed E-state index contributed by atoms with van der Waals surface area (Å²) in [5.74, 6) is -0.506. The quantitative estimate of drug-likeness (QED) is 0.347. The van der Waals surface area contributed by atoms with Crippen LogP contribution in [0, 0.1) is 6.92 Å². The van der Waals surface area contributed by atoms with Gasteiger partial charge in [0.15, 0.2) is 0 Å². The molecular weight excluding hydrogens is 488 g/mol. The third-order valence-corrected chi connectivity index (χ3v) is 5.60. The molecular formula is C27H38N6O5. The van der Waals surface area contributed by atoms with Crippen molar-refractivity contribution < 1.29 is 23.9 Å². The smallest absolute Gasteiger partial charge is 0.410 e. The fourth-order valence-electron chi connectivity index (χ4n) is 3.67. The van der Waals surface area contributed by atoms with Gasteiger partial charge in [-0.3, -0.25) is 14.0 Å². The molecule has 0 fully saturated rings. The van der Waals surface area contributed by atoms with Crippen LogP contribution in [-0.4, -0.2) is 57.9 Å². The Morgan fingerprint density at radius 1 is 1.11 bits per heavy atom. The largest absolute Gasteiger partial charge is 0.443 e. The van der Waals surface area contributed by atoms with Crippen molar-refractivity contribution in [3.63, 3.8) is 0 Å². The van der Waals surface area contributed by atoms with Gasteiger partial charge in [0.05, 0.1) is 35.7 Å². The van der Waals surface area contributed by atoms with E-state index in [1.807, 2.05) is 53.8 Å². The maximum Gasteiger partial charge on any atom is 0.410 e. The summed E-state index contributed by atoms with van der Waals surface area (Å²) in [6.45, 7) is 5.20. The highest BCUT2D eigenvalue weighted by atomic mass is 16.6. The highest BCUT2D eigenvalue weighted by molar-refractivity contribution is 5.85. The van der Waals surface area contributed by atoms with Gasteiger partial charge in [-0.1, -0.05) is 43.8 Å². The zero-order valence-corrected chi connectivity index (χ0v) is 21.6. The molecule has 3 rings (SSSR count). The van der Waals surface area contributed by atoms with Crippen molar-refractivity contribution in [1.29, 1.82) is 0 Å². The number of aromatic nitrogens is 2. The molecule has 2 heterocycles. The van der Waals surface area contributed by atoms with Crippen LogP contribution in [0.1, 0.15) is 50.1 Å². The van der Waals surface area contributed by atoms with E-state index in [2.05, 4.69) is 5.32 Å². The number of primary amides is 1. The Kier molecular flexibility index (Phi) is 10.4. The van der Waals surface area contributed by atoms with E-state index >= 15 is 0 Å². The van der Waals surface area contributed by atoms with Gasteiger partial charge in [-0.15, -0.1) is 0 Å². The van der Waals surface area contributed by atoms with Crippen LogP contribution in [0.4, 0.5) is 4.79 Å². The summed E-state index contributed by atoms with van der Waals surface area (Å²) in [6, 6.07) is 14.5. The van der Waals surface area contributed by atoms with Crippen LogP contribution in [-0.2, 0) is 32.3 Å². The second-order valence-electron chi connectivity index (χ2n) is 9.42. The van der Waals surface area contributed by atoms with Gasteiger partial charge < -0.3 is 31.2 Å². The standard InChI is InChI=1S/C26H34N6O5.CH4/c1-17-21-12-8-11-19(15-37-25(35)31(4)13-22(27)33)32(21)23(29-17)20(30-24(34)26(2,3)28)16-36-14-18-9-6-5-7-10-18;/h5-12,20H,13-16,28H2,1-4H3,(H2,27,33)(H,30,34);1H4. The monoisotopic (exact) mass is 526 g/mol. The Hall–Kier alpha value is -3.96. The number of carbonyl (C=O) groups excluding carboxylic acids is 3. The topological polar surface area (TPSA) is 154 Å². The first kappa shape index (κ1) is 30.3. The number of aryl methyl sites for hydroxylation is 1. The molecule has 11 heteroatoms. The molecule has 0 spiro atoms. The van der Waals surface area contributed by atoms with E-state index in [0.29, 0.717) is 18.1 Å². The number of ether oxygens (including phenoxy) is 2. The number of benzene rings is 1. The maximum atomic E-state index is 12.8. The van der Waals surface area contributed by atoms with Crippen molar-refractivity contribution in [3.05, 3.63) is 71.3 Å². The van der Waals surface area contributed by atoms with Crippen molar-refractivity contribution in [2.45, 2.75) is 53.0 Å². The molecule has 0 aliphatic heterocycles. The maximum absolute atomic E-state index is 12.8. The molecule has 3 amide bonds. The summed E-state index contributed by atoms with van der Waals surface area (Å²) in [7, 11) is 1.42. The minimum atomic E-state index is -1.12. The Labute approximate surface area is 223 Å². The van der Waals surface area contributed by atoms with Gasteiger partial charge in [0.1, 0.15) is 25.0 Å². The van der Waals surface area contributed by atoms with Crippen LogP contribution < -0.4 is 16.8 Å². The highest BCUT2D eigenvalue weighted by Crippen LogP contribution is 2.23. The number of nitrogens with two attached hydrogens (primary N) is 2. The van der Waals surface area contributed by atoms with Crippen molar-refractivity contribution in [1.82, 2.24) is 19.6 Å². The normalized spacial score (nSPS) is 11.9. The van der Waals surface area contributed by atoms with Crippen LogP contribution in [0.25, 0.3) is 5.52 Å². The molecule has 0 saturated heterocycles. The molecule has 0 radical (unpaired) electrons. The third-order valence-electron chi connectivity index (χ3n) is 5.60. The minimum Gasteiger partial charge on any atom is -0.443 e. The predicted molar refractivity (Wildman–Crippen MR) is 144 cm³/mol. The zero-order chi connectivity index (χ0) is 27.2. The Balaban J connectivity index is 0.00000507. The van der Waals surface area contributed by atoms with Gasteiger partial charge in [-0.05, 0) is 38.5 Å². The highest BCUT2D eigenvalue weighted by Gasteiger charge is 2.29. The van der Waals surface area contributed by atoms with Crippen LogP contribution in [0.5, 0.6) is 0 Å². The summed E-state index contributed by atoms with van der Waals surface area (Å²) in [5.41, 5.74) is 13.2. The van der Waals surface area contributed by atoms with Gasteiger partial charge in [0.25, 0.3) is 0 Å². The number of imidazole rings is 1. The van der Waals surface area contributed by atoms with E-state index in [-0.39, 0.29) is 33.1 Å². The second-order valence-corrected chi connectivity index (χ2v) is 9.42. The first-order valence-electron chi connectivity index (χ1n) is 11.8. The van der Waals surface area contributed by atoms with E-state index < -0.39 is 23.6 Å². The van der Waals surface area contributed by atoms with E-state index in [0.717, 1.165) is 21.7 Å². The van der Waals surface area contributed by atoms with Gasteiger partial charge in [0.2, 0.25) is 11.8 Å². The molecule has 11 nitrogen and oxygen atoms in total. The number of rotatable bonds is 11. The van der Waals surface area contributed by atoms with Crippen molar-refractivity contribution in [3.8, 4) is 0 Å². The first-order chi connectivity index (χ1) is 17.5. The number of nitrogens with zero attached hydrogens (tertiary/aromatic N) is 3. The minimum absolute atomic E-state index is 0. The van der Waals surface area contributed by atoms with E-state index in [1.54, 1.807) is 19.9 Å². The van der Waals surface area contributed by atoms with Crippen molar-refractivity contribution in [2.75, 3.05) is 20.2 Å². The summed E-state index contributed by atoms with van der Waals surface area (Å²) in [4.78, 5) is 42.1. The summed E-state index contributed by atoms with van der Waals surface area (Å²) < 4.78 is 13.2. The summed E-state index contributed by atoms with van der Waals surface area (Å²) in [6.07, 6.45) is -0.699. The molecule has 0 bridgehead atoms. The molecule has 38 heavy (non-hydrogen) atoms. The number of likely N-dealkylation sites (N-methyl/N-ethyl adjacent to an activating group) is 1. The molecule has 0 aliphatic carbocycles. The average molecular weight is 527 g/mol. The van der Waals surface area contributed by atoms with E-state index in [4.69, 9.17) is 25.9 Å². The average Bonchev–Trinajstić information content (AvgIpc) is 3.18. The molecule has 0 aliphatic rings. The third kappa shape index (κ3) is 7.77. The van der Waals surface area contributed by atoms with Crippen molar-refractivity contribution >= 4 is 23.4 Å². The molecule has 2 aromatic heterocycles. The number of amides is 3. The SMILES string of the molecule is C.Cc1nc(C(COCc2ccccc2)NC(=O)C(C)(C)N)n2c(COC(=O)N(C)CC(N)=O)cccc12. The van der Waals surface area contributed by atoms with Crippen LogP contribution >= 0.6 is 0 Å². The molecule has 1 atom stereocenters. The molecule has 0 saturated carbocycles. The Bertz CT molecular complexity index is 1250. The molecule has 5 N–H and O–H groups in total. The number of fused-ring (bicyclic) bond motifs is 1. The fraction of sp³-hybridized carbons (Fsp3) is 0.407. The number of hydrogen-bond donors (Lipinski definition) is 3. The van der Waals surface area contributed by atoms with E-state index in [1.165, 1.54) is 7.05 Å². The van der Waals surface area contributed by atoms with Crippen LogP contribution in [0.2, 0.25) is 0 Å². The lowest BCUT2D eigenvalue weighted by molar-refractivity contribution is -0.126. The fourth-order valence-corrected chi connectivity index (χ4v) is 3.67. The molecule has 1 aromatic carbocycles. The van der Waals surface area contributed by atoms with Gasteiger partial charge in [-0.2, -0.15) is 0 Å². The number of nitrogens with one attached hydrogen (secondary N) is 1. The summed E-state index contributed by atoms with van der Waals surface area (Å²) >= 11 is 0. The first-order valence-corrected chi connectivity index (χ1v) is 11.8. The Morgan fingerprint density at radius 3 is 2.42 bits per heavy atom. The number of hydrogen-bond acceptors (Lipinski definition) is 7. The zero-order valence-electron chi connectivity index (χ0n) is 21.6. The summed E-state index contributed by atoms with van der Waals surface area (Å²) in [5, 5.41) is 2.96. The lowest BCUT2D eigenvalue weighted by Crippen LogP contribution is -2.51. The van der Waals surface area contributed by atoms with Gasteiger partial charge >= 0.3 is 6.09 Å². The Morgan fingerprint density at radius 2 is 1.79 bits per heavy atom. The predicted octanol–water partition coefficient (Wildman–Crippen LogP) is 2.44. The number of pyridine rings is 1. The lowest BCUT2D eigenvalue weighted by atomic mass is 10.1. The van der Waals surface area contributed by atoms with Crippen molar-refractivity contribution in [2.24, 2.45) is 11.5 Å². The van der Waals surface area contributed by atoms with E-state index in [9.17, 15) is 14.4 Å². The van der Waals surface area contributed by atoms with Gasteiger partial charge in [0, 0.05) is 7.05 Å². The van der Waals surface area contributed by atoms with Crippen LogP contribution in [0.3, 0.4) is 0 Å².